The van der Waals surface area contributed by atoms with E-state index < -0.39 is 22.5 Å². The van der Waals surface area contributed by atoms with Crippen molar-refractivity contribution in [1.82, 2.24) is 5.43 Å². The summed E-state index contributed by atoms with van der Waals surface area (Å²) in [6.45, 7) is -0.225. The number of anilines is 1. The van der Waals surface area contributed by atoms with Crippen molar-refractivity contribution in [3.63, 3.8) is 0 Å². The number of hydrazone groups is 1. The molecule has 0 aliphatic heterocycles. The van der Waals surface area contributed by atoms with E-state index in [1.807, 2.05) is 0 Å². The Morgan fingerprint density at radius 3 is 2.46 bits per heavy atom. The molecule has 3 aromatic carbocycles. The van der Waals surface area contributed by atoms with Gasteiger partial charge in [0.15, 0.2) is 11.5 Å². The molecule has 0 bridgehead atoms. The maximum atomic E-state index is 12.5. The van der Waals surface area contributed by atoms with Crippen LogP contribution in [0.15, 0.2) is 68.6 Å². The SMILES string of the molecule is COc1cc(/C=N/NC(=O)CN(c2ccccc2Br)S(C)(=O)=O)cc(Br)c1OCc1ccc(Cl)c(Cl)c1. The molecule has 0 atom stereocenters. The monoisotopic (exact) mass is 691 g/mol. The zero-order valence-corrected chi connectivity index (χ0v) is 25.0. The standard InChI is InChI=1S/C24H21Br2Cl2N3O5S/c1-35-22-11-16(9-18(26)24(22)36-14-15-7-8-19(27)20(28)10-15)12-29-30-23(32)13-31(37(2,33)34)21-6-4-3-5-17(21)25/h3-12H,13-14H2,1-2H3,(H,30,32)/b29-12+. The van der Waals surface area contributed by atoms with Crippen LogP contribution in [0, 0.1) is 0 Å². The highest BCUT2D eigenvalue weighted by Gasteiger charge is 2.22. The van der Waals surface area contributed by atoms with E-state index in [2.05, 4.69) is 42.4 Å². The molecule has 0 heterocycles. The van der Waals surface area contributed by atoms with Crippen LogP contribution in [0.2, 0.25) is 10.0 Å². The summed E-state index contributed by atoms with van der Waals surface area (Å²) in [5, 5.41) is 4.83. The van der Waals surface area contributed by atoms with Gasteiger partial charge >= 0.3 is 0 Å². The van der Waals surface area contributed by atoms with E-state index in [0.717, 1.165) is 16.1 Å². The predicted molar refractivity (Wildman–Crippen MR) is 154 cm³/mol. The molecule has 196 valence electrons. The fourth-order valence-electron chi connectivity index (χ4n) is 3.12. The lowest BCUT2D eigenvalue weighted by molar-refractivity contribution is -0.119. The molecule has 37 heavy (non-hydrogen) atoms. The van der Waals surface area contributed by atoms with Gasteiger partial charge in [-0.15, -0.1) is 0 Å². The number of carbonyl (C=O) groups is 1. The maximum absolute atomic E-state index is 12.5. The number of amides is 1. The number of nitrogens with zero attached hydrogens (tertiary/aromatic N) is 2. The molecule has 0 aliphatic carbocycles. The average molecular weight is 694 g/mol. The van der Waals surface area contributed by atoms with Gasteiger partial charge in [-0.2, -0.15) is 5.10 Å². The largest absolute Gasteiger partial charge is 0.493 e. The van der Waals surface area contributed by atoms with Gasteiger partial charge in [-0.3, -0.25) is 9.10 Å². The Morgan fingerprint density at radius 2 is 1.81 bits per heavy atom. The quantitative estimate of drug-likeness (QED) is 0.207. The first kappa shape index (κ1) is 29.2. The molecular formula is C24H21Br2Cl2N3O5S. The van der Waals surface area contributed by atoms with Crippen LogP contribution in [0.25, 0.3) is 0 Å². The molecule has 0 unspecified atom stereocenters. The Hall–Kier alpha value is -2.31. The topological polar surface area (TPSA) is 97.3 Å². The van der Waals surface area contributed by atoms with E-state index in [0.29, 0.717) is 41.7 Å². The van der Waals surface area contributed by atoms with Crippen LogP contribution in [0.1, 0.15) is 11.1 Å². The molecule has 0 saturated carbocycles. The molecule has 0 fully saturated rings. The van der Waals surface area contributed by atoms with Crippen molar-refractivity contribution in [2.75, 3.05) is 24.2 Å². The molecule has 1 N–H and O–H groups in total. The normalized spacial score (nSPS) is 11.4. The number of rotatable bonds is 10. The van der Waals surface area contributed by atoms with Crippen LogP contribution in [-0.4, -0.2) is 40.4 Å². The van der Waals surface area contributed by atoms with E-state index in [1.54, 1.807) is 54.6 Å². The van der Waals surface area contributed by atoms with Crippen molar-refractivity contribution in [3.05, 3.63) is 84.7 Å². The van der Waals surface area contributed by atoms with Gasteiger partial charge < -0.3 is 9.47 Å². The summed E-state index contributed by atoms with van der Waals surface area (Å²) in [4.78, 5) is 12.5. The van der Waals surface area contributed by atoms with Crippen LogP contribution >= 0.6 is 55.1 Å². The number of halogens is 4. The Bertz CT molecular complexity index is 1440. The minimum absolute atomic E-state index is 0.226. The number of hydrogen-bond acceptors (Lipinski definition) is 6. The Balaban J connectivity index is 1.69. The number of benzene rings is 3. The number of sulfonamides is 1. The molecule has 0 saturated heterocycles. The molecule has 3 aromatic rings. The van der Waals surface area contributed by atoms with E-state index in [4.69, 9.17) is 32.7 Å². The fraction of sp³-hybridized carbons (Fsp3) is 0.167. The fourth-order valence-corrected chi connectivity index (χ4v) is 5.50. The average Bonchev–Trinajstić information content (AvgIpc) is 2.83. The van der Waals surface area contributed by atoms with E-state index >= 15 is 0 Å². The molecular weight excluding hydrogens is 673 g/mol. The van der Waals surface area contributed by atoms with Crippen LogP contribution in [0.3, 0.4) is 0 Å². The molecule has 0 radical (unpaired) electrons. The van der Waals surface area contributed by atoms with Crippen molar-refractivity contribution >= 4 is 82.9 Å². The number of ether oxygens (including phenoxy) is 2. The Morgan fingerprint density at radius 1 is 1.08 bits per heavy atom. The number of methoxy groups -OCH3 is 1. The minimum Gasteiger partial charge on any atom is -0.493 e. The molecule has 8 nitrogen and oxygen atoms in total. The summed E-state index contributed by atoms with van der Waals surface area (Å²) in [6, 6.07) is 15.3. The third-order valence-electron chi connectivity index (χ3n) is 4.83. The first-order valence-corrected chi connectivity index (χ1v) is 14.7. The molecule has 3 rings (SSSR count). The summed E-state index contributed by atoms with van der Waals surface area (Å²) < 4.78 is 38.0. The molecule has 0 aromatic heterocycles. The van der Waals surface area contributed by atoms with E-state index in [-0.39, 0.29) is 6.61 Å². The summed E-state index contributed by atoms with van der Waals surface area (Å²) in [7, 11) is -2.22. The Labute approximate surface area is 241 Å². The first-order chi connectivity index (χ1) is 17.5. The second kappa shape index (κ2) is 13.0. The van der Waals surface area contributed by atoms with Gasteiger partial charge in [-0.1, -0.05) is 41.4 Å². The second-order valence-corrected chi connectivity index (χ2v) is 12.0. The summed E-state index contributed by atoms with van der Waals surface area (Å²) >= 11 is 18.8. The van der Waals surface area contributed by atoms with Crippen LogP contribution in [-0.2, 0) is 21.4 Å². The van der Waals surface area contributed by atoms with Crippen molar-refractivity contribution in [2.24, 2.45) is 5.10 Å². The Kier molecular flexibility index (Phi) is 10.3. The highest BCUT2D eigenvalue weighted by atomic mass is 79.9. The minimum atomic E-state index is -3.72. The number of hydrogen-bond donors (Lipinski definition) is 1. The highest BCUT2D eigenvalue weighted by Crippen LogP contribution is 2.37. The third kappa shape index (κ3) is 8.08. The molecule has 1 amide bonds. The number of nitrogens with one attached hydrogen (secondary N) is 1. The molecule has 13 heteroatoms. The molecule has 0 spiro atoms. The smallest absolute Gasteiger partial charge is 0.260 e. The predicted octanol–water partition coefficient (Wildman–Crippen LogP) is 6.02. The zero-order chi connectivity index (χ0) is 27.2. The summed E-state index contributed by atoms with van der Waals surface area (Å²) in [5.41, 5.74) is 4.11. The van der Waals surface area contributed by atoms with Gasteiger partial charge in [0.25, 0.3) is 5.91 Å². The van der Waals surface area contributed by atoms with Crippen LogP contribution in [0.4, 0.5) is 5.69 Å². The van der Waals surface area contributed by atoms with Crippen LogP contribution in [0.5, 0.6) is 11.5 Å². The lowest BCUT2D eigenvalue weighted by Gasteiger charge is -2.22. The lowest BCUT2D eigenvalue weighted by atomic mass is 10.2. The van der Waals surface area contributed by atoms with E-state index in [9.17, 15) is 13.2 Å². The van der Waals surface area contributed by atoms with Crippen molar-refractivity contribution in [2.45, 2.75) is 6.61 Å². The van der Waals surface area contributed by atoms with Crippen LogP contribution < -0.4 is 19.2 Å². The number of para-hydroxylation sites is 1. The van der Waals surface area contributed by atoms with Crippen molar-refractivity contribution < 1.29 is 22.7 Å². The van der Waals surface area contributed by atoms with Crippen molar-refractivity contribution in [3.8, 4) is 11.5 Å². The summed E-state index contributed by atoms with van der Waals surface area (Å²) in [5.74, 6) is 0.274. The first-order valence-electron chi connectivity index (χ1n) is 10.5. The van der Waals surface area contributed by atoms with Gasteiger partial charge in [0.1, 0.15) is 13.2 Å². The number of carbonyl (C=O) groups excluding carboxylic acids is 1. The van der Waals surface area contributed by atoms with Gasteiger partial charge in [0, 0.05) is 4.47 Å². The van der Waals surface area contributed by atoms with Crippen molar-refractivity contribution in [1.29, 1.82) is 0 Å². The van der Waals surface area contributed by atoms with E-state index in [1.165, 1.54) is 13.3 Å². The third-order valence-corrected chi connectivity index (χ3v) is 7.96. The van der Waals surface area contributed by atoms with Gasteiger partial charge in [0.05, 0.1) is 39.8 Å². The summed E-state index contributed by atoms with van der Waals surface area (Å²) in [6.07, 6.45) is 2.43. The van der Waals surface area contributed by atoms with Gasteiger partial charge in [-0.25, -0.2) is 13.8 Å². The van der Waals surface area contributed by atoms with Gasteiger partial charge in [-0.05, 0) is 79.4 Å². The maximum Gasteiger partial charge on any atom is 0.260 e. The second-order valence-electron chi connectivity index (χ2n) is 7.59. The zero-order valence-electron chi connectivity index (χ0n) is 19.5. The molecule has 0 aliphatic rings. The van der Waals surface area contributed by atoms with Gasteiger partial charge in [0.2, 0.25) is 10.0 Å². The highest BCUT2D eigenvalue weighted by molar-refractivity contribution is 9.11. The lowest BCUT2D eigenvalue weighted by Crippen LogP contribution is -2.39.